The maximum absolute atomic E-state index is 11.9. The largest absolute Gasteiger partial charge is 0.469 e. The van der Waals surface area contributed by atoms with Crippen molar-refractivity contribution in [1.29, 1.82) is 0 Å². The molecule has 0 bridgehead atoms. The molecule has 0 radical (unpaired) electrons. The number of methoxy groups -OCH3 is 1. The first kappa shape index (κ1) is 15.6. The Kier molecular flexibility index (Phi) is 5.97. The molecule has 2 N–H and O–H groups in total. The monoisotopic (exact) mass is 289 g/mol. The molecule has 7 nitrogen and oxygen atoms in total. The average Bonchev–Trinajstić information content (AvgIpc) is 2.89. The molecule has 0 amide bonds. The van der Waals surface area contributed by atoms with Gasteiger partial charge in [0.25, 0.3) is 0 Å². The van der Waals surface area contributed by atoms with Crippen LogP contribution in [0.1, 0.15) is 38.1 Å². The second kappa shape index (κ2) is 7.25. The van der Waals surface area contributed by atoms with E-state index in [4.69, 9.17) is 0 Å². The van der Waals surface area contributed by atoms with Crippen LogP contribution in [0, 0.1) is 0 Å². The molecule has 1 aromatic heterocycles. The van der Waals surface area contributed by atoms with E-state index in [0.29, 0.717) is 12.2 Å². The molecule has 108 valence electrons. The van der Waals surface area contributed by atoms with E-state index >= 15 is 0 Å². The number of H-pyrrole nitrogens is 1. The number of hydrogen-bond acceptors (Lipinski definition) is 5. The minimum Gasteiger partial charge on any atom is -0.469 e. The van der Waals surface area contributed by atoms with Crippen molar-refractivity contribution in [1.82, 2.24) is 14.7 Å². The molecule has 0 fully saturated rings. The van der Waals surface area contributed by atoms with Crippen molar-refractivity contribution in [2.24, 2.45) is 0 Å². The molecule has 1 atom stereocenters. The average molecular weight is 289 g/mol. The van der Waals surface area contributed by atoms with Gasteiger partial charge in [-0.15, -0.1) is 0 Å². The summed E-state index contributed by atoms with van der Waals surface area (Å²) in [6.07, 6.45) is 4.13. The van der Waals surface area contributed by atoms with Crippen LogP contribution in [-0.2, 0) is 19.6 Å². The van der Waals surface area contributed by atoms with Gasteiger partial charge in [0, 0.05) is 18.8 Å². The summed E-state index contributed by atoms with van der Waals surface area (Å²) in [5, 5.41) is 0. The summed E-state index contributed by atoms with van der Waals surface area (Å²) in [6.45, 7) is 1.87. The minimum absolute atomic E-state index is 0.0922. The first-order valence-corrected chi connectivity index (χ1v) is 7.69. The Balaban J connectivity index is 2.51. The van der Waals surface area contributed by atoms with Crippen molar-refractivity contribution in [2.45, 2.75) is 32.2 Å². The Labute approximate surface area is 112 Å². The summed E-state index contributed by atoms with van der Waals surface area (Å²) in [6, 6.07) is -0.377. The van der Waals surface area contributed by atoms with Gasteiger partial charge in [0.1, 0.15) is 5.82 Å². The third-order valence-electron chi connectivity index (χ3n) is 2.60. The fourth-order valence-electron chi connectivity index (χ4n) is 1.58. The number of hydrogen-bond donors (Lipinski definition) is 2. The predicted molar refractivity (Wildman–Crippen MR) is 69.8 cm³/mol. The first-order valence-electron chi connectivity index (χ1n) is 6.04. The third-order valence-corrected chi connectivity index (χ3v) is 4.07. The highest BCUT2D eigenvalue weighted by Gasteiger charge is 2.19. The predicted octanol–water partition coefficient (Wildman–Crippen LogP) is 0.733. The summed E-state index contributed by atoms with van der Waals surface area (Å²) >= 11 is 0. The lowest BCUT2D eigenvalue weighted by molar-refractivity contribution is -0.140. The Morgan fingerprint density at radius 2 is 2.32 bits per heavy atom. The summed E-state index contributed by atoms with van der Waals surface area (Å²) in [4.78, 5) is 17.8. The smallest absolute Gasteiger partial charge is 0.305 e. The summed E-state index contributed by atoms with van der Waals surface area (Å²) in [5.41, 5.74) is 0. The summed E-state index contributed by atoms with van der Waals surface area (Å²) < 4.78 is 30.7. The number of nitrogens with zero attached hydrogens (tertiary/aromatic N) is 1. The lowest BCUT2D eigenvalue weighted by Gasteiger charge is -2.14. The zero-order valence-corrected chi connectivity index (χ0v) is 11.9. The van der Waals surface area contributed by atoms with Gasteiger partial charge in [0.05, 0.1) is 18.9 Å². The molecule has 0 aliphatic carbocycles. The van der Waals surface area contributed by atoms with Gasteiger partial charge in [-0.25, -0.2) is 18.1 Å². The molecule has 0 aliphatic rings. The number of rotatable bonds is 8. The van der Waals surface area contributed by atoms with Crippen molar-refractivity contribution in [2.75, 3.05) is 12.9 Å². The van der Waals surface area contributed by atoms with Crippen molar-refractivity contribution in [3.63, 3.8) is 0 Å². The fourth-order valence-corrected chi connectivity index (χ4v) is 2.94. The number of esters is 1. The number of aromatic nitrogens is 2. The van der Waals surface area contributed by atoms with Crippen LogP contribution in [-0.4, -0.2) is 37.2 Å². The highest BCUT2D eigenvalue weighted by Crippen LogP contribution is 2.13. The van der Waals surface area contributed by atoms with Crippen LogP contribution in [0.3, 0.4) is 0 Å². The molecule has 1 aromatic rings. The molecule has 0 saturated carbocycles. The van der Waals surface area contributed by atoms with E-state index in [1.54, 1.807) is 12.4 Å². The van der Waals surface area contributed by atoms with E-state index in [0.717, 1.165) is 0 Å². The number of ether oxygens (including phenoxy) is 1. The molecule has 19 heavy (non-hydrogen) atoms. The molecule has 0 spiro atoms. The van der Waals surface area contributed by atoms with Crippen LogP contribution >= 0.6 is 0 Å². The number of carbonyl (C=O) groups excluding carboxylic acids is 1. The van der Waals surface area contributed by atoms with Gasteiger partial charge in [-0.05, 0) is 12.8 Å². The van der Waals surface area contributed by atoms with Crippen LogP contribution in [0.15, 0.2) is 12.4 Å². The highest BCUT2D eigenvalue weighted by molar-refractivity contribution is 7.89. The standard InChI is InChI=1S/C11H19N3O4S/c1-3-9(11-12-6-7-13-11)14-19(16,17)8-4-5-10(15)18-2/h6-7,9,14H,3-5,8H2,1-2H3,(H,12,13). The van der Waals surface area contributed by atoms with Crippen LogP contribution in [0.4, 0.5) is 0 Å². The SMILES string of the molecule is CCC(NS(=O)(=O)CCCC(=O)OC)c1ncc[nH]1. The number of nitrogens with one attached hydrogen (secondary N) is 2. The van der Waals surface area contributed by atoms with Crippen LogP contribution in [0.5, 0.6) is 0 Å². The van der Waals surface area contributed by atoms with Crippen LogP contribution in [0.2, 0.25) is 0 Å². The summed E-state index contributed by atoms with van der Waals surface area (Å²) in [7, 11) is -2.16. The first-order chi connectivity index (χ1) is 8.98. The second-order valence-electron chi connectivity index (χ2n) is 4.05. The molecule has 1 heterocycles. The van der Waals surface area contributed by atoms with Gasteiger partial charge in [0.2, 0.25) is 10.0 Å². The van der Waals surface area contributed by atoms with E-state index in [1.807, 2.05) is 6.92 Å². The fraction of sp³-hybridized carbons (Fsp3) is 0.636. The Hall–Kier alpha value is -1.41. The molecule has 0 saturated heterocycles. The van der Waals surface area contributed by atoms with Gasteiger partial charge in [-0.3, -0.25) is 4.79 Å². The maximum atomic E-state index is 11.9. The molecule has 0 aliphatic heterocycles. The van der Waals surface area contributed by atoms with E-state index in [-0.39, 0.29) is 24.6 Å². The van der Waals surface area contributed by atoms with Crippen molar-refractivity contribution in [3.05, 3.63) is 18.2 Å². The van der Waals surface area contributed by atoms with Gasteiger partial charge in [0.15, 0.2) is 0 Å². The van der Waals surface area contributed by atoms with Crippen molar-refractivity contribution in [3.8, 4) is 0 Å². The lowest BCUT2D eigenvalue weighted by atomic mass is 10.2. The van der Waals surface area contributed by atoms with E-state index < -0.39 is 16.0 Å². The number of aromatic amines is 1. The number of sulfonamides is 1. The van der Waals surface area contributed by atoms with Gasteiger partial charge >= 0.3 is 5.97 Å². The van der Waals surface area contributed by atoms with Crippen molar-refractivity contribution < 1.29 is 17.9 Å². The van der Waals surface area contributed by atoms with Gasteiger partial charge in [-0.2, -0.15) is 0 Å². The Bertz CT molecular complexity index is 484. The topological polar surface area (TPSA) is 101 Å². The zero-order chi connectivity index (χ0) is 14.3. The molecule has 1 rings (SSSR count). The second-order valence-corrected chi connectivity index (χ2v) is 5.93. The highest BCUT2D eigenvalue weighted by atomic mass is 32.2. The molecular weight excluding hydrogens is 270 g/mol. The van der Waals surface area contributed by atoms with Gasteiger partial charge in [-0.1, -0.05) is 6.92 Å². The quantitative estimate of drug-likeness (QED) is 0.687. The number of carbonyl (C=O) groups is 1. The zero-order valence-electron chi connectivity index (χ0n) is 11.0. The van der Waals surface area contributed by atoms with E-state index in [9.17, 15) is 13.2 Å². The molecular formula is C11H19N3O4S. The molecule has 1 unspecified atom stereocenters. The van der Waals surface area contributed by atoms with Crippen LogP contribution in [0.25, 0.3) is 0 Å². The Morgan fingerprint density at radius 3 is 2.84 bits per heavy atom. The van der Waals surface area contributed by atoms with Crippen molar-refractivity contribution >= 4 is 16.0 Å². The third kappa shape index (κ3) is 5.39. The van der Waals surface area contributed by atoms with Gasteiger partial charge < -0.3 is 9.72 Å². The van der Waals surface area contributed by atoms with E-state index in [1.165, 1.54) is 7.11 Å². The van der Waals surface area contributed by atoms with Crippen LogP contribution < -0.4 is 4.72 Å². The maximum Gasteiger partial charge on any atom is 0.305 e. The number of imidazole rings is 1. The molecule has 8 heteroatoms. The Morgan fingerprint density at radius 1 is 1.58 bits per heavy atom. The lowest BCUT2D eigenvalue weighted by Crippen LogP contribution is -2.31. The molecule has 0 aromatic carbocycles. The van der Waals surface area contributed by atoms with E-state index in [2.05, 4.69) is 19.4 Å². The summed E-state index contributed by atoms with van der Waals surface area (Å²) in [5.74, 6) is 0.0616. The minimum atomic E-state index is -3.44. The normalized spacial score (nSPS) is 13.2.